The summed E-state index contributed by atoms with van der Waals surface area (Å²) in [6.07, 6.45) is 0. The van der Waals surface area contributed by atoms with Crippen LogP contribution in [0.1, 0.15) is 10.1 Å². The summed E-state index contributed by atoms with van der Waals surface area (Å²) in [6, 6.07) is 22.8. The van der Waals surface area contributed by atoms with Crippen LogP contribution in [0.15, 0.2) is 66.7 Å². The summed E-state index contributed by atoms with van der Waals surface area (Å²) in [6.45, 7) is 0. The summed E-state index contributed by atoms with van der Waals surface area (Å²) in [5.41, 5.74) is 1.47. The Balaban J connectivity index is 0.000000153. The second-order valence-electron chi connectivity index (χ2n) is 3.64. The molecular formula is C15H16S2. The van der Waals surface area contributed by atoms with Crippen LogP contribution in [0.4, 0.5) is 0 Å². The van der Waals surface area contributed by atoms with E-state index in [1.165, 1.54) is 17.1 Å². The van der Waals surface area contributed by atoms with Gasteiger partial charge in [0, 0.05) is 11.5 Å². The molecule has 0 bridgehead atoms. The van der Waals surface area contributed by atoms with Crippen molar-refractivity contribution in [1.82, 2.24) is 0 Å². The Morgan fingerprint density at radius 2 is 1.06 bits per heavy atom. The van der Waals surface area contributed by atoms with Crippen molar-refractivity contribution in [2.24, 2.45) is 0 Å². The first-order valence-electron chi connectivity index (χ1n) is 5.75. The number of benzene rings is 2. The zero-order valence-corrected chi connectivity index (χ0v) is 11.3. The van der Waals surface area contributed by atoms with Gasteiger partial charge in [-0.1, -0.05) is 66.7 Å². The number of thioether (sulfide) groups is 2. The fourth-order valence-electron chi connectivity index (χ4n) is 1.55. The second-order valence-corrected chi connectivity index (χ2v) is 6.36. The van der Waals surface area contributed by atoms with Crippen LogP contribution in [0, 0.1) is 0 Å². The molecule has 3 rings (SSSR count). The normalized spacial score (nSPS) is 15.1. The topological polar surface area (TPSA) is 0 Å². The minimum Gasteiger partial charge on any atom is -0.142 e. The highest BCUT2D eigenvalue weighted by Gasteiger charge is 2.16. The molecule has 0 N–H and O–H groups in total. The molecule has 1 saturated heterocycles. The molecule has 0 nitrogen and oxygen atoms in total. The number of hydrogen-bond donors (Lipinski definition) is 0. The lowest BCUT2D eigenvalue weighted by molar-refractivity contribution is 1.39. The molecule has 1 aliphatic rings. The molecule has 88 valence electrons. The van der Waals surface area contributed by atoms with E-state index in [0.29, 0.717) is 4.58 Å². The van der Waals surface area contributed by atoms with Gasteiger partial charge in [-0.05, 0) is 5.56 Å². The smallest absolute Gasteiger partial charge is 0.0751 e. The standard InChI is InChI=1S/C9H10S2.C6H6/c1-2-4-8(5-3-1)9-10-6-7-11-9;1-2-4-6-5-3-1/h1-5,9H,6-7H2;1-6H. The van der Waals surface area contributed by atoms with Gasteiger partial charge in [0.1, 0.15) is 0 Å². The summed E-state index contributed by atoms with van der Waals surface area (Å²) < 4.78 is 0.705. The van der Waals surface area contributed by atoms with E-state index in [0.717, 1.165) is 0 Å². The zero-order chi connectivity index (χ0) is 11.8. The maximum atomic E-state index is 2.22. The van der Waals surface area contributed by atoms with Crippen LogP contribution >= 0.6 is 23.5 Å². The SMILES string of the molecule is c1ccc(C2SCCS2)cc1.c1ccccc1. The largest absolute Gasteiger partial charge is 0.142 e. The number of hydrogen-bond acceptors (Lipinski definition) is 2. The van der Waals surface area contributed by atoms with Crippen LogP contribution in [-0.4, -0.2) is 11.5 Å². The van der Waals surface area contributed by atoms with Crippen molar-refractivity contribution >= 4 is 23.5 Å². The van der Waals surface area contributed by atoms with E-state index in [2.05, 4.69) is 53.9 Å². The average Bonchev–Trinajstić information content (AvgIpc) is 2.96. The van der Waals surface area contributed by atoms with Crippen LogP contribution in [0.5, 0.6) is 0 Å². The molecule has 0 atom stereocenters. The maximum Gasteiger partial charge on any atom is 0.0751 e. The average molecular weight is 260 g/mol. The van der Waals surface area contributed by atoms with Gasteiger partial charge in [0.15, 0.2) is 0 Å². The van der Waals surface area contributed by atoms with Crippen molar-refractivity contribution in [3.63, 3.8) is 0 Å². The second kappa shape index (κ2) is 7.46. The van der Waals surface area contributed by atoms with Crippen molar-refractivity contribution in [2.45, 2.75) is 4.58 Å². The van der Waals surface area contributed by atoms with Gasteiger partial charge >= 0.3 is 0 Å². The summed E-state index contributed by atoms with van der Waals surface area (Å²) in [5.74, 6) is 2.62. The Kier molecular flexibility index (Phi) is 5.53. The molecule has 0 spiro atoms. The molecular weight excluding hydrogens is 244 g/mol. The molecule has 1 fully saturated rings. The van der Waals surface area contributed by atoms with Gasteiger partial charge in [0.2, 0.25) is 0 Å². The Bertz CT molecular complexity index is 367. The van der Waals surface area contributed by atoms with Crippen molar-refractivity contribution in [3.05, 3.63) is 72.3 Å². The summed E-state index contributed by atoms with van der Waals surface area (Å²) in [4.78, 5) is 0. The Labute approximate surface area is 112 Å². The summed E-state index contributed by atoms with van der Waals surface area (Å²) >= 11 is 4.12. The highest BCUT2D eigenvalue weighted by atomic mass is 32.2. The molecule has 1 aliphatic heterocycles. The van der Waals surface area contributed by atoms with Crippen molar-refractivity contribution in [1.29, 1.82) is 0 Å². The van der Waals surface area contributed by atoms with Crippen LogP contribution in [0.3, 0.4) is 0 Å². The predicted molar refractivity (Wildman–Crippen MR) is 80.5 cm³/mol. The lowest BCUT2D eigenvalue weighted by Gasteiger charge is -2.06. The van der Waals surface area contributed by atoms with Crippen LogP contribution in [-0.2, 0) is 0 Å². The minimum absolute atomic E-state index is 0.705. The fraction of sp³-hybridized carbons (Fsp3) is 0.200. The van der Waals surface area contributed by atoms with Crippen molar-refractivity contribution < 1.29 is 0 Å². The highest BCUT2D eigenvalue weighted by molar-refractivity contribution is 8.19. The molecule has 0 aromatic heterocycles. The third-order valence-electron chi connectivity index (χ3n) is 2.36. The molecule has 2 heteroatoms. The van der Waals surface area contributed by atoms with E-state index in [4.69, 9.17) is 0 Å². The van der Waals surface area contributed by atoms with Crippen LogP contribution in [0.25, 0.3) is 0 Å². The van der Waals surface area contributed by atoms with E-state index in [9.17, 15) is 0 Å². The third-order valence-corrected chi connectivity index (χ3v) is 5.46. The molecule has 0 unspecified atom stereocenters. The highest BCUT2D eigenvalue weighted by Crippen LogP contribution is 2.44. The quantitative estimate of drug-likeness (QED) is 0.718. The van der Waals surface area contributed by atoms with E-state index < -0.39 is 0 Å². The molecule has 0 radical (unpaired) electrons. The van der Waals surface area contributed by atoms with Crippen molar-refractivity contribution in [2.75, 3.05) is 11.5 Å². The zero-order valence-electron chi connectivity index (χ0n) is 9.66. The molecule has 0 aliphatic carbocycles. The Morgan fingerprint density at radius 3 is 1.53 bits per heavy atom. The molecule has 1 heterocycles. The first-order valence-corrected chi connectivity index (χ1v) is 7.85. The van der Waals surface area contributed by atoms with Gasteiger partial charge in [0.05, 0.1) is 4.58 Å². The van der Waals surface area contributed by atoms with Gasteiger partial charge in [0.25, 0.3) is 0 Å². The lowest BCUT2D eigenvalue weighted by atomic mass is 10.2. The maximum absolute atomic E-state index is 2.22. The molecule has 0 saturated carbocycles. The lowest BCUT2D eigenvalue weighted by Crippen LogP contribution is -1.81. The van der Waals surface area contributed by atoms with Gasteiger partial charge in [-0.15, -0.1) is 23.5 Å². The third kappa shape index (κ3) is 4.49. The van der Waals surface area contributed by atoms with Gasteiger partial charge in [-0.25, -0.2) is 0 Å². The van der Waals surface area contributed by atoms with Crippen LogP contribution < -0.4 is 0 Å². The predicted octanol–water partition coefficient (Wildman–Crippen LogP) is 4.85. The molecule has 17 heavy (non-hydrogen) atoms. The molecule has 2 aromatic rings. The summed E-state index contributed by atoms with van der Waals surface area (Å²) in [7, 11) is 0. The number of rotatable bonds is 1. The van der Waals surface area contributed by atoms with E-state index in [1.54, 1.807) is 0 Å². The first-order chi connectivity index (χ1) is 8.47. The van der Waals surface area contributed by atoms with Crippen molar-refractivity contribution in [3.8, 4) is 0 Å². The van der Waals surface area contributed by atoms with E-state index in [-0.39, 0.29) is 0 Å². The monoisotopic (exact) mass is 260 g/mol. The van der Waals surface area contributed by atoms with E-state index >= 15 is 0 Å². The van der Waals surface area contributed by atoms with Gasteiger partial charge in [-0.3, -0.25) is 0 Å². The van der Waals surface area contributed by atoms with E-state index in [1.807, 2.05) is 36.4 Å². The minimum atomic E-state index is 0.705. The Morgan fingerprint density at radius 1 is 0.647 bits per heavy atom. The first kappa shape index (κ1) is 12.6. The summed E-state index contributed by atoms with van der Waals surface area (Å²) in [5, 5.41) is 0. The molecule has 2 aromatic carbocycles. The molecule has 0 amide bonds. The van der Waals surface area contributed by atoms with Gasteiger partial charge < -0.3 is 0 Å². The Hall–Kier alpha value is -0.860. The van der Waals surface area contributed by atoms with Crippen LogP contribution in [0.2, 0.25) is 0 Å². The fourth-order valence-corrected chi connectivity index (χ4v) is 4.41. The van der Waals surface area contributed by atoms with Gasteiger partial charge in [-0.2, -0.15) is 0 Å².